The normalized spacial score (nSPS) is 17.7. The van der Waals surface area contributed by atoms with E-state index in [9.17, 15) is 23.6 Å². The molecule has 23 heavy (non-hydrogen) atoms. The second kappa shape index (κ2) is 6.81. The maximum atomic E-state index is 11.3. The minimum atomic E-state index is -4.00. The van der Waals surface area contributed by atoms with Crippen LogP contribution in [0.15, 0.2) is 23.1 Å². The number of nitro groups is 1. The molecule has 2 rings (SSSR count). The largest absolute Gasteiger partial charge is 0.396 e. The van der Waals surface area contributed by atoms with Crippen LogP contribution in [0, 0.1) is 15.5 Å². The third kappa shape index (κ3) is 4.18. The van der Waals surface area contributed by atoms with Gasteiger partial charge in [-0.05, 0) is 25.0 Å². The zero-order chi connectivity index (χ0) is 17.1. The summed E-state index contributed by atoms with van der Waals surface area (Å²) in [5.41, 5.74) is -0.411. The van der Waals surface area contributed by atoms with Crippen molar-refractivity contribution in [3.8, 4) is 0 Å². The molecular formula is C14H21N3O5S. The monoisotopic (exact) mass is 343 g/mol. The van der Waals surface area contributed by atoms with Gasteiger partial charge in [-0.1, -0.05) is 19.3 Å². The minimum absolute atomic E-state index is 0.0169. The van der Waals surface area contributed by atoms with Crippen LogP contribution >= 0.6 is 0 Å². The Morgan fingerprint density at radius 2 is 1.96 bits per heavy atom. The molecule has 0 atom stereocenters. The van der Waals surface area contributed by atoms with Gasteiger partial charge in [-0.15, -0.1) is 0 Å². The standard InChI is InChI=1S/C14H21N3O5S/c15-23(21,22)11-4-5-12(13(8-11)17(19)20)16-9-14(10-18)6-2-1-3-7-14/h4-5,8,16,18H,1-3,6-7,9-10H2,(H2,15,21,22). The fourth-order valence-corrected chi connectivity index (χ4v) is 3.50. The van der Waals surface area contributed by atoms with Gasteiger partial charge < -0.3 is 10.4 Å². The molecule has 0 saturated heterocycles. The highest BCUT2D eigenvalue weighted by Gasteiger charge is 2.32. The summed E-state index contributed by atoms with van der Waals surface area (Å²) in [6.07, 6.45) is 4.90. The van der Waals surface area contributed by atoms with Crippen molar-refractivity contribution in [2.75, 3.05) is 18.5 Å². The first kappa shape index (κ1) is 17.6. The third-order valence-corrected chi connectivity index (χ3v) is 5.31. The maximum Gasteiger partial charge on any atom is 0.293 e. The van der Waals surface area contributed by atoms with E-state index in [1.807, 2.05) is 0 Å². The summed E-state index contributed by atoms with van der Waals surface area (Å²) in [5.74, 6) is 0. The summed E-state index contributed by atoms with van der Waals surface area (Å²) in [6.45, 7) is 0.419. The smallest absolute Gasteiger partial charge is 0.293 e. The Hall–Kier alpha value is -1.71. The van der Waals surface area contributed by atoms with Crippen molar-refractivity contribution in [2.45, 2.75) is 37.0 Å². The van der Waals surface area contributed by atoms with Crippen LogP contribution in [0.5, 0.6) is 0 Å². The maximum absolute atomic E-state index is 11.3. The summed E-state index contributed by atoms with van der Waals surface area (Å²) in [6, 6.07) is 3.52. The second-order valence-electron chi connectivity index (χ2n) is 6.05. The molecule has 128 valence electrons. The molecule has 0 bridgehead atoms. The van der Waals surface area contributed by atoms with Crippen LogP contribution in [0.2, 0.25) is 0 Å². The molecule has 0 aliphatic heterocycles. The lowest BCUT2D eigenvalue weighted by Gasteiger charge is -2.35. The molecular weight excluding hydrogens is 322 g/mol. The highest BCUT2D eigenvalue weighted by atomic mass is 32.2. The molecule has 0 unspecified atom stereocenters. The van der Waals surface area contributed by atoms with Crippen LogP contribution < -0.4 is 10.5 Å². The van der Waals surface area contributed by atoms with E-state index in [1.165, 1.54) is 12.1 Å². The zero-order valence-corrected chi connectivity index (χ0v) is 13.5. The molecule has 0 heterocycles. The molecule has 0 aromatic heterocycles. The SMILES string of the molecule is NS(=O)(=O)c1ccc(NCC2(CO)CCCCC2)c([N+](=O)[O-])c1. The number of hydrogen-bond donors (Lipinski definition) is 3. The average molecular weight is 343 g/mol. The van der Waals surface area contributed by atoms with E-state index in [4.69, 9.17) is 5.14 Å². The molecule has 1 saturated carbocycles. The van der Waals surface area contributed by atoms with Gasteiger partial charge in [0, 0.05) is 18.0 Å². The Bertz CT molecular complexity index is 684. The van der Waals surface area contributed by atoms with Crippen molar-refractivity contribution >= 4 is 21.4 Å². The number of nitro benzene ring substituents is 1. The van der Waals surface area contributed by atoms with Crippen LogP contribution in [0.1, 0.15) is 32.1 Å². The number of nitrogens with two attached hydrogens (primary N) is 1. The molecule has 0 spiro atoms. The number of nitrogens with zero attached hydrogens (tertiary/aromatic N) is 1. The Labute approximate surface area is 134 Å². The highest BCUT2D eigenvalue weighted by Crippen LogP contribution is 2.37. The second-order valence-corrected chi connectivity index (χ2v) is 7.61. The number of rotatable bonds is 6. The Kier molecular flexibility index (Phi) is 5.23. The lowest BCUT2D eigenvalue weighted by atomic mass is 9.74. The van der Waals surface area contributed by atoms with Crippen LogP contribution in [0.4, 0.5) is 11.4 Å². The van der Waals surface area contributed by atoms with Gasteiger partial charge in [-0.3, -0.25) is 10.1 Å². The van der Waals surface area contributed by atoms with E-state index in [0.717, 1.165) is 38.2 Å². The number of benzene rings is 1. The first-order chi connectivity index (χ1) is 10.8. The van der Waals surface area contributed by atoms with Crippen molar-refractivity contribution in [3.63, 3.8) is 0 Å². The number of sulfonamides is 1. The van der Waals surface area contributed by atoms with E-state index in [2.05, 4.69) is 5.32 Å². The van der Waals surface area contributed by atoms with Gasteiger partial charge in [-0.25, -0.2) is 13.6 Å². The molecule has 0 amide bonds. The molecule has 1 aliphatic rings. The molecule has 4 N–H and O–H groups in total. The third-order valence-electron chi connectivity index (χ3n) is 4.40. The summed E-state index contributed by atoms with van der Waals surface area (Å²) in [4.78, 5) is 10.2. The van der Waals surface area contributed by atoms with Crippen molar-refractivity contribution in [1.82, 2.24) is 0 Å². The van der Waals surface area contributed by atoms with Crippen molar-refractivity contribution in [1.29, 1.82) is 0 Å². The van der Waals surface area contributed by atoms with E-state index in [1.54, 1.807) is 0 Å². The van der Waals surface area contributed by atoms with Gasteiger partial charge in [0.05, 0.1) is 16.4 Å². The Balaban J connectivity index is 2.24. The van der Waals surface area contributed by atoms with Crippen LogP contribution in [-0.2, 0) is 10.0 Å². The fraction of sp³-hybridized carbons (Fsp3) is 0.571. The van der Waals surface area contributed by atoms with Gasteiger partial charge in [0.25, 0.3) is 5.69 Å². The molecule has 1 aliphatic carbocycles. The van der Waals surface area contributed by atoms with Crippen LogP contribution in [0.3, 0.4) is 0 Å². The zero-order valence-electron chi connectivity index (χ0n) is 12.7. The number of primary sulfonamides is 1. The number of anilines is 1. The van der Waals surface area contributed by atoms with Gasteiger partial charge in [0.2, 0.25) is 10.0 Å². The molecule has 1 aromatic rings. The quantitative estimate of drug-likeness (QED) is 0.530. The van der Waals surface area contributed by atoms with Crippen molar-refractivity contribution in [3.05, 3.63) is 28.3 Å². The molecule has 8 nitrogen and oxygen atoms in total. The van der Waals surface area contributed by atoms with Gasteiger partial charge >= 0.3 is 0 Å². The van der Waals surface area contributed by atoms with Crippen molar-refractivity contribution in [2.24, 2.45) is 10.6 Å². The van der Waals surface area contributed by atoms with Crippen LogP contribution in [-0.4, -0.2) is 31.6 Å². The van der Waals surface area contributed by atoms with Crippen molar-refractivity contribution < 1.29 is 18.4 Å². The molecule has 0 radical (unpaired) electrons. The molecule has 1 aromatic carbocycles. The van der Waals surface area contributed by atoms with E-state index >= 15 is 0 Å². The average Bonchev–Trinajstić information content (AvgIpc) is 2.52. The van der Waals surface area contributed by atoms with E-state index < -0.39 is 14.9 Å². The number of aliphatic hydroxyl groups is 1. The predicted molar refractivity (Wildman–Crippen MR) is 85.6 cm³/mol. The van der Waals surface area contributed by atoms with Gasteiger partial charge in [-0.2, -0.15) is 0 Å². The topological polar surface area (TPSA) is 136 Å². The summed E-state index contributed by atoms with van der Waals surface area (Å²) in [7, 11) is -4.00. The number of hydrogen-bond acceptors (Lipinski definition) is 6. The fourth-order valence-electron chi connectivity index (χ4n) is 2.96. The number of nitrogens with one attached hydrogen (secondary N) is 1. The summed E-state index contributed by atoms with van der Waals surface area (Å²) >= 11 is 0. The highest BCUT2D eigenvalue weighted by molar-refractivity contribution is 7.89. The number of aliphatic hydroxyl groups excluding tert-OH is 1. The summed E-state index contributed by atoms with van der Waals surface area (Å²) < 4.78 is 22.6. The lowest BCUT2D eigenvalue weighted by Crippen LogP contribution is -2.35. The van der Waals surface area contributed by atoms with E-state index in [-0.39, 0.29) is 28.3 Å². The summed E-state index contributed by atoms with van der Waals surface area (Å²) in [5, 5.41) is 28.9. The van der Waals surface area contributed by atoms with Crippen LogP contribution in [0.25, 0.3) is 0 Å². The Morgan fingerprint density at radius 3 is 2.48 bits per heavy atom. The first-order valence-electron chi connectivity index (χ1n) is 7.43. The Morgan fingerprint density at radius 1 is 1.30 bits per heavy atom. The minimum Gasteiger partial charge on any atom is -0.396 e. The van der Waals surface area contributed by atoms with Gasteiger partial charge in [0.15, 0.2) is 0 Å². The van der Waals surface area contributed by atoms with Gasteiger partial charge in [0.1, 0.15) is 5.69 Å². The molecule has 9 heteroatoms. The predicted octanol–water partition coefficient (Wildman–Crippen LogP) is 1.60. The molecule has 1 fully saturated rings. The van der Waals surface area contributed by atoms with E-state index in [0.29, 0.717) is 6.54 Å². The first-order valence-corrected chi connectivity index (χ1v) is 8.98. The lowest BCUT2D eigenvalue weighted by molar-refractivity contribution is -0.384.